The Morgan fingerprint density at radius 3 is 2.24 bits per heavy atom. The number of nitrogens with zero attached hydrogens (tertiary/aromatic N) is 5. The molecule has 0 unspecified atom stereocenters. The molecule has 0 saturated carbocycles. The molecule has 41 heavy (non-hydrogen) atoms. The standard InChI is InChI=1S/C28H33F4N5O4/c1-26(2,3)41-25(39)36-12-10-16(11-13-36)18-14-37-15-19(21(27(4,5)40)22(29)23(37)34-18)35(6)24(38)17-8-7-9-20(33-17)28(30,31)32/h7-9,14-16,40H,10-13H2,1-6H3. The van der Waals surface area contributed by atoms with Gasteiger partial charge >= 0.3 is 12.3 Å². The number of likely N-dealkylation sites (tertiary alicyclic amines) is 1. The summed E-state index contributed by atoms with van der Waals surface area (Å²) in [6, 6.07) is 2.94. The van der Waals surface area contributed by atoms with Gasteiger partial charge in [0.1, 0.15) is 17.0 Å². The lowest BCUT2D eigenvalue weighted by atomic mass is 9.94. The Hall–Kier alpha value is -3.74. The van der Waals surface area contributed by atoms with Crippen molar-refractivity contribution < 1.29 is 37.0 Å². The number of carbonyl (C=O) groups excluding carboxylic acids is 2. The largest absolute Gasteiger partial charge is 0.444 e. The van der Waals surface area contributed by atoms with Crippen LogP contribution in [-0.4, -0.2) is 62.1 Å². The van der Waals surface area contributed by atoms with E-state index in [-0.39, 0.29) is 22.8 Å². The zero-order valence-corrected chi connectivity index (χ0v) is 23.7. The highest BCUT2D eigenvalue weighted by Crippen LogP contribution is 2.37. The van der Waals surface area contributed by atoms with Crippen LogP contribution in [0.15, 0.2) is 30.6 Å². The minimum Gasteiger partial charge on any atom is -0.444 e. The van der Waals surface area contributed by atoms with Crippen molar-refractivity contribution in [1.82, 2.24) is 19.3 Å². The predicted molar refractivity (Wildman–Crippen MR) is 142 cm³/mol. The Labute approximate surface area is 234 Å². The lowest BCUT2D eigenvalue weighted by Gasteiger charge is -2.32. The van der Waals surface area contributed by atoms with Crippen LogP contribution in [0, 0.1) is 5.82 Å². The summed E-state index contributed by atoms with van der Waals surface area (Å²) < 4.78 is 62.3. The molecule has 0 bridgehead atoms. The van der Waals surface area contributed by atoms with Gasteiger partial charge < -0.3 is 24.0 Å². The maximum atomic E-state index is 16.0. The molecule has 1 saturated heterocycles. The molecule has 4 heterocycles. The number of aromatic nitrogens is 3. The van der Waals surface area contributed by atoms with Gasteiger partial charge in [-0.25, -0.2) is 19.2 Å². The smallest absolute Gasteiger partial charge is 0.433 e. The fourth-order valence-electron chi connectivity index (χ4n) is 4.80. The fourth-order valence-corrected chi connectivity index (χ4v) is 4.80. The van der Waals surface area contributed by atoms with E-state index in [1.165, 1.54) is 31.5 Å². The fraction of sp³-hybridized carbons (Fsp3) is 0.500. The van der Waals surface area contributed by atoms with Crippen LogP contribution < -0.4 is 4.90 Å². The van der Waals surface area contributed by atoms with E-state index in [9.17, 15) is 27.9 Å². The Bertz CT molecular complexity index is 1470. The van der Waals surface area contributed by atoms with E-state index in [4.69, 9.17) is 4.74 Å². The molecule has 1 fully saturated rings. The molecule has 4 rings (SSSR count). The van der Waals surface area contributed by atoms with Crippen LogP contribution in [0.3, 0.4) is 0 Å². The number of fused-ring (bicyclic) bond motifs is 1. The highest BCUT2D eigenvalue weighted by atomic mass is 19.4. The molecule has 1 aliphatic heterocycles. The summed E-state index contributed by atoms with van der Waals surface area (Å²) in [7, 11) is 1.27. The van der Waals surface area contributed by atoms with E-state index in [1.54, 1.807) is 31.9 Å². The number of aliphatic hydroxyl groups is 1. The van der Waals surface area contributed by atoms with Gasteiger partial charge in [-0.05, 0) is 59.6 Å². The monoisotopic (exact) mass is 579 g/mol. The average Bonchev–Trinajstić information content (AvgIpc) is 3.30. The predicted octanol–water partition coefficient (Wildman–Crippen LogP) is 5.51. The Morgan fingerprint density at radius 2 is 1.68 bits per heavy atom. The number of hydrogen-bond acceptors (Lipinski definition) is 6. The second kappa shape index (κ2) is 10.6. The highest BCUT2D eigenvalue weighted by Gasteiger charge is 2.35. The van der Waals surface area contributed by atoms with Crippen LogP contribution in [0.2, 0.25) is 0 Å². The van der Waals surface area contributed by atoms with Crippen molar-refractivity contribution >= 4 is 23.3 Å². The van der Waals surface area contributed by atoms with Crippen molar-refractivity contribution in [3.05, 3.63) is 59.1 Å². The van der Waals surface area contributed by atoms with Gasteiger partial charge in [0.15, 0.2) is 11.5 Å². The molecule has 0 atom stereocenters. The second-order valence-corrected chi connectivity index (χ2v) is 11.7. The number of imidazole rings is 1. The van der Waals surface area contributed by atoms with E-state index < -0.39 is 46.6 Å². The van der Waals surface area contributed by atoms with Crippen LogP contribution >= 0.6 is 0 Å². The van der Waals surface area contributed by atoms with Gasteiger partial charge in [-0.2, -0.15) is 13.2 Å². The number of rotatable bonds is 4. The third-order valence-corrected chi connectivity index (χ3v) is 6.79. The number of amides is 2. The topological polar surface area (TPSA) is 100 Å². The van der Waals surface area contributed by atoms with Gasteiger partial charge in [-0.3, -0.25) is 4.79 Å². The first-order valence-corrected chi connectivity index (χ1v) is 13.1. The molecular formula is C28H33F4N5O4. The molecule has 2 amide bonds. The number of alkyl halides is 3. The quantitative estimate of drug-likeness (QED) is 0.410. The lowest BCUT2D eigenvalue weighted by Crippen LogP contribution is -2.41. The van der Waals surface area contributed by atoms with E-state index in [0.717, 1.165) is 23.1 Å². The van der Waals surface area contributed by atoms with Crippen molar-refractivity contribution in [2.24, 2.45) is 0 Å². The molecule has 0 aliphatic carbocycles. The zero-order chi connectivity index (χ0) is 30.5. The number of pyridine rings is 2. The summed E-state index contributed by atoms with van der Waals surface area (Å²) in [5.74, 6) is -1.88. The van der Waals surface area contributed by atoms with Crippen LogP contribution in [0.5, 0.6) is 0 Å². The molecule has 0 spiro atoms. The van der Waals surface area contributed by atoms with Crippen LogP contribution in [-0.2, 0) is 16.5 Å². The van der Waals surface area contributed by atoms with Gasteiger partial charge in [0.05, 0.1) is 17.0 Å². The summed E-state index contributed by atoms with van der Waals surface area (Å²) >= 11 is 0. The normalized spacial score (nSPS) is 15.3. The highest BCUT2D eigenvalue weighted by molar-refractivity contribution is 6.05. The summed E-state index contributed by atoms with van der Waals surface area (Å²) in [6.07, 6.45) is -1.01. The van der Waals surface area contributed by atoms with Crippen LogP contribution in [0.1, 0.15) is 80.8 Å². The average molecular weight is 580 g/mol. The minimum absolute atomic E-state index is 0.0598. The van der Waals surface area contributed by atoms with Crippen LogP contribution in [0.25, 0.3) is 5.65 Å². The van der Waals surface area contributed by atoms with E-state index in [2.05, 4.69) is 9.97 Å². The van der Waals surface area contributed by atoms with Crippen molar-refractivity contribution in [3.63, 3.8) is 0 Å². The molecular weight excluding hydrogens is 546 g/mol. The summed E-state index contributed by atoms with van der Waals surface area (Å²) in [6.45, 7) is 8.90. The molecule has 0 aromatic carbocycles. The molecule has 1 aliphatic rings. The maximum absolute atomic E-state index is 16.0. The van der Waals surface area contributed by atoms with Gasteiger partial charge in [0.25, 0.3) is 5.91 Å². The number of anilines is 1. The molecule has 222 valence electrons. The third kappa shape index (κ3) is 6.45. The Morgan fingerprint density at radius 1 is 1.05 bits per heavy atom. The van der Waals surface area contributed by atoms with E-state index in [1.807, 2.05) is 0 Å². The van der Waals surface area contributed by atoms with E-state index in [0.29, 0.717) is 31.6 Å². The first-order valence-electron chi connectivity index (χ1n) is 13.1. The van der Waals surface area contributed by atoms with Gasteiger partial charge in [0.2, 0.25) is 0 Å². The third-order valence-electron chi connectivity index (χ3n) is 6.79. The number of hydrogen-bond donors (Lipinski definition) is 1. The molecule has 0 radical (unpaired) electrons. The minimum atomic E-state index is -4.76. The summed E-state index contributed by atoms with van der Waals surface area (Å²) in [5.41, 5.74) is -3.93. The molecule has 3 aromatic heterocycles. The first-order chi connectivity index (χ1) is 18.9. The van der Waals surface area contributed by atoms with Gasteiger partial charge in [-0.15, -0.1) is 0 Å². The zero-order valence-electron chi connectivity index (χ0n) is 23.7. The maximum Gasteiger partial charge on any atom is 0.433 e. The summed E-state index contributed by atoms with van der Waals surface area (Å²) in [4.78, 5) is 36.1. The number of halogens is 4. The van der Waals surface area contributed by atoms with Crippen molar-refractivity contribution in [1.29, 1.82) is 0 Å². The van der Waals surface area contributed by atoms with Crippen LogP contribution in [0.4, 0.5) is 28.0 Å². The number of ether oxygens (including phenoxy) is 1. The van der Waals surface area contributed by atoms with Gasteiger partial charge in [0, 0.05) is 44.0 Å². The number of piperidine rings is 1. The number of carbonyl (C=O) groups is 2. The van der Waals surface area contributed by atoms with Crippen molar-refractivity contribution in [2.75, 3.05) is 25.0 Å². The van der Waals surface area contributed by atoms with Crippen molar-refractivity contribution in [2.45, 2.75) is 70.8 Å². The summed E-state index contributed by atoms with van der Waals surface area (Å²) in [5, 5.41) is 10.9. The molecule has 1 N–H and O–H groups in total. The SMILES string of the molecule is CN(C(=O)c1cccc(C(F)(F)F)n1)c1cn2cc(C3CCN(C(=O)OC(C)(C)C)CC3)nc2c(F)c1C(C)(C)O. The first kappa shape index (κ1) is 30.2. The second-order valence-electron chi connectivity index (χ2n) is 11.7. The lowest BCUT2D eigenvalue weighted by molar-refractivity contribution is -0.141. The Kier molecular flexibility index (Phi) is 7.80. The molecule has 9 nitrogen and oxygen atoms in total. The molecule has 13 heteroatoms. The van der Waals surface area contributed by atoms with Crippen molar-refractivity contribution in [3.8, 4) is 0 Å². The Balaban J connectivity index is 1.66. The van der Waals surface area contributed by atoms with Gasteiger partial charge in [-0.1, -0.05) is 6.07 Å². The van der Waals surface area contributed by atoms with E-state index >= 15 is 4.39 Å². The molecule has 3 aromatic rings.